The van der Waals surface area contributed by atoms with Crippen LogP contribution in [-0.4, -0.2) is 49.4 Å². The summed E-state index contributed by atoms with van der Waals surface area (Å²) in [5.74, 6) is 1.27. The van der Waals surface area contributed by atoms with Gasteiger partial charge in [0.1, 0.15) is 18.0 Å². The maximum Gasteiger partial charge on any atom is 0.410 e. The Morgan fingerprint density at radius 1 is 1.30 bits per heavy atom. The van der Waals surface area contributed by atoms with E-state index in [0.717, 1.165) is 31.9 Å². The van der Waals surface area contributed by atoms with E-state index < -0.39 is 5.60 Å². The summed E-state index contributed by atoms with van der Waals surface area (Å²) in [4.78, 5) is 16.9. The van der Waals surface area contributed by atoms with Crippen LogP contribution in [0.25, 0.3) is 0 Å². The van der Waals surface area contributed by atoms with Crippen molar-refractivity contribution in [3.05, 3.63) is 23.3 Å². The molecule has 0 fully saturated rings. The normalized spacial score (nSPS) is 19.7. The van der Waals surface area contributed by atoms with E-state index >= 15 is 0 Å². The van der Waals surface area contributed by atoms with E-state index in [1.807, 2.05) is 25.7 Å². The zero-order valence-electron chi connectivity index (χ0n) is 17.5. The van der Waals surface area contributed by atoms with Crippen LogP contribution in [0.2, 0.25) is 0 Å². The molecule has 0 spiro atoms. The lowest BCUT2D eigenvalue weighted by Crippen LogP contribution is -2.38. The van der Waals surface area contributed by atoms with Crippen molar-refractivity contribution in [2.75, 3.05) is 37.7 Å². The van der Waals surface area contributed by atoms with Gasteiger partial charge in [-0.15, -0.1) is 0 Å². The average Bonchev–Trinajstić information content (AvgIpc) is 2.76. The van der Waals surface area contributed by atoms with E-state index in [9.17, 15) is 4.79 Å². The molecule has 5 heteroatoms. The van der Waals surface area contributed by atoms with Crippen molar-refractivity contribution in [1.82, 2.24) is 4.90 Å². The fourth-order valence-corrected chi connectivity index (χ4v) is 3.90. The zero-order valence-corrected chi connectivity index (χ0v) is 17.5. The number of rotatable bonds is 3. The number of hydrogen-bond acceptors (Lipinski definition) is 4. The van der Waals surface area contributed by atoms with Crippen LogP contribution in [0, 0.1) is 0 Å². The van der Waals surface area contributed by atoms with Gasteiger partial charge in [-0.1, -0.05) is 20.3 Å². The highest BCUT2D eigenvalue weighted by atomic mass is 16.6. The highest BCUT2D eigenvalue weighted by molar-refractivity contribution is 5.69. The molecule has 5 nitrogen and oxygen atoms in total. The van der Waals surface area contributed by atoms with Crippen molar-refractivity contribution in [2.24, 2.45) is 0 Å². The Morgan fingerprint density at radius 3 is 2.78 bits per heavy atom. The number of anilines is 1. The number of nitrogens with zero attached hydrogens (tertiary/aromatic N) is 2. The molecule has 1 aromatic carbocycles. The van der Waals surface area contributed by atoms with Gasteiger partial charge in [-0.3, -0.25) is 0 Å². The molecule has 27 heavy (non-hydrogen) atoms. The van der Waals surface area contributed by atoms with Crippen molar-refractivity contribution in [3.63, 3.8) is 0 Å². The van der Waals surface area contributed by atoms with Gasteiger partial charge < -0.3 is 19.3 Å². The molecule has 0 bridgehead atoms. The molecular formula is C22H34N2O3. The number of ether oxygens (including phenoxy) is 2. The maximum absolute atomic E-state index is 12.6. The molecule has 2 aliphatic heterocycles. The summed E-state index contributed by atoms with van der Waals surface area (Å²) in [6, 6.07) is 4.51. The Kier molecular flexibility index (Phi) is 5.87. The van der Waals surface area contributed by atoms with Gasteiger partial charge in [0.15, 0.2) is 0 Å². The van der Waals surface area contributed by atoms with Crippen LogP contribution < -0.4 is 9.64 Å². The molecular weight excluding hydrogens is 340 g/mol. The second-order valence-corrected chi connectivity index (χ2v) is 8.79. The molecule has 2 heterocycles. The molecule has 150 valence electrons. The number of carbonyl (C=O) groups excluding carboxylic acids is 1. The lowest BCUT2D eigenvalue weighted by Gasteiger charge is -2.33. The van der Waals surface area contributed by atoms with E-state index in [1.165, 1.54) is 29.7 Å². The minimum Gasteiger partial charge on any atom is -0.490 e. The molecule has 0 aliphatic carbocycles. The van der Waals surface area contributed by atoms with Gasteiger partial charge in [-0.25, -0.2) is 4.79 Å². The molecule has 3 rings (SSSR count). The molecule has 1 amide bonds. The van der Waals surface area contributed by atoms with Crippen molar-refractivity contribution < 1.29 is 14.3 Å². The monoisotopic (exact) mass is 374 g/mol. The molecule has 0 aromatic heterocycles. The van der Waals surface area contributed by atoms with Gasteiger partial charge >= 0.3 is 6.09 Å². The van der Waals surface area contributed by atoms with Gasteiger partial charge in [-0.05, 0) is 62.8 Å². The van der Waals surface area contributed by atoms with E-state index in [0.29, 0.717) is 13.1 Å². The maximum atomic E-state index is 12.6. The average molecular weight is 375 g/mol. The predicted octanol–water partition coefficient (Wildman–Crippen LogP) is 4.58. The van der Waals surface area contributed by atoms with Crippen molar-refractivity contribution in [3.8, 4) is 5.75 Å². The quantitative estimate of drug-likeness (QED) is 0.776. The van der Waals surface area contributed by atoms with Crippen LogP contribution in [0.1, 0.15) is 64.5 Å². The molecule has 2 aliphatic rings. The molecule has 1 atom stereocenters. The summed E-state index contributed by atoms with van der Waals surface area (Å²) in [6.45, 7) is 14.3. The van der Waals surface area contributed by atoms with Crippen LogP contribution in [0.4, 0.5) is 10.5 Å². The van der Waals surface area contributed by atoms with Gasteiger partial charge in [0.05, 0.1) is 12.2 Å². The fourth-order valence-electron chi connectivity index (χ4n) is 3.90. The number of amides is 1. The second-order valence-electron chi connectivity index (χ2n) is 8.79. The van der Waals surface area contributed by atoms with Gasteiger partial charge in [0.25, 0.3) is 0 Å². The molecule has 1 unspecified atom stereocenters. The SMILES string of the molecule is CCCCN1CCOc2cc3c(cc21)C(C)CN(C(=O)OC(C)(C)C)CC3. The Morgan fingerprint density at radius 2 is 2.07 bits per heavy atom. The number of benzene rings is 1. The summed E-state index contributed by atoms with van der Waals surface area (Å²) in [6.07, 6.45) is 3.01. The Hall–Kier alpha value is -1.91. The van der Waals surface area contributed by atoms with Crippen LogP contribution in [0.5, 0.6) is 5.75 Å². The summed E-state index contributed by atoms with van der Waals surface area (Å²) >= 11 is 0. The molecule has 1 aromatic rings. The zero-order chi connectivity index (χ0) is 19.6. The number of hydrogen-bond donors (Lipinski definition) is 0. The first kappa shape index (κ1) is 19.8. The summed E-state index contributed by atoms with van der Waals surface area (Å²) < 4.78 is 11.6. The summed E-state index contributed by atoms with van der Waals surface area (Å²) in [5, 5.41) is 0. The summed E-state index contributed by atoms with van der Waals surface area (Å²) in [7, 11) is 0. The van der Waals surface area contributed by atoms with Crippen LogP contribution in [-0.2, 0) is 11.2 Å². The molecule has 0 N–H and O–H groups in total. The number of fused-ring (bicyclic) bond motifs is 2. The smallest absolute Gasteiger partial charge is 0.410 e. The van der Waals surface area contributed by atoms with Crippen LogP contribution in [0.3, 0.4) is 0 Å². The lowest BCUT2D eigenvalue weighted by molar-refractivity contribution is 0.0248. The van der Waals surface area contributed by atoms with Crippen molar-refractivity contribution in [1.29, 1.82) is 0 Å². The van der Waals surface area contributed by atoms with Crippen LogP contribution >= 0.6 is 0 Å². The second kappa shape index (κ2) is 7.99. The van der Waals surface area contributed by atoms with Gasteiger partial charge in [-0.2, -0.15) is 0 Å². The standard InChI is InChI=1S/C22H34N2O3/c1-6-7-9-23-11-12-26-20-13-17-8-10-24(21(25)27-22(3,4)5)15-16(2)18(17)14-19(20)23/h13-14,16H,6-12,15H2,1-5H3. The lowest BCUT2D eigenvalue weighted by atomic mass is 9.93. The third-order valence-electron chi connectivity index (χ3n) is 5.29. The Balaban J connectivity index is 1.82. The first-order valence-corrected chi connectivity index (χ1v) is 10.3. The fraction of sp³-hybridized carbons (Fsp3) is 0.682. The van der Waals surface area contributed by atoms with Gasteiger partial charge in [0.2, 0.25) is 0 Å². The molecule has 0 radical (unpaired) electrons. The number of carbonyl (C=O) groups is 1. The first-order chi connectivity index (χ1) is 12.8. The molecule has 0 saturated heterocycles. The largest absolute Gasteiger partial charge is 0.490 e. The Bertz CT molecular complexity index is 681. The highest BCUT2D eigenvalue weighted by Gasteiger charge is 2.29. The van der Waals surface area contributed by atoms with E-state index in [2.05, 4.69) is 30.9 Å². The van der Waals surface area contributed by atoms with Gasteiger partial charge in [0, 0.05) is 19.6 Å². The minimum atomic E-state index is -0.466. The topological polar surface area (TPSA) is 42.0 Å². The first-order valence-electron chi connectivity index (χ1n) is 10.3. The minimum absolute atomic E-state index is 0.215. The molecule has 0 saturated carbocycles. The summed E-state index contributed by atoms with van der Waals surface area (Å²) in [5.41, 5.74) is 3.38. The predicted molar refractivity (Wildman–Crippen MR) is 109 cm³/mol. The number of unbranched alkanes of at least 4 members (excludes halogenated alkanes) is 1. The van der Waals surface area contributed by atoms with E-state index in [4.69, 9.17) is 9.47 Å². The highest BCUT2D eigenvalue weighted by Crippen LogP contribution is 2.38. The van der Waals surface area contributed by atoms with Crippen molar-refractivity contribution in [2.45, 2.75) is 65.4 Å². The Labute approximate surface area is 163 Å². The van der Waals surface area contributed by atoms with E-state index in [-0.39, 0.29) is 12.0 Å². The van der Waals surface area contributed by atoms with Crippen molar-refractivity contribution >= 4 is 11.8 Å². The van der Waals surface area contributed by atoms with Crippen LogP contribution in [0.15, 0.2) is 12.1 Å². The third-order valence-corrected chi connectivity index (χ3v) is 5.29. The third kappa shape index (κ3) is 4.69. The van der Waals surface area contributed by atoms with E-state index in [1.54, 1.807) is 0 Å².